The number of halogens is 2. The zero-order valence-corrected chi connectivity index (χ0v) is 19.9. The molecule has 7 nitrogen and oxygen atoms in total. The average Bonchev–Trinajstić information content (AvgIpc) is 3.55. The van der Waals surface area contributed by atoms with Crippen LogP contribution in [0.3, 0.4) is 0 Å². The third-order valence-corrected chi connectivity index (χ3v) is 7.05. The summed E-state index contributed by atoms with van der Waals surface area (Å²) in [6, 6.07) is 15.8. The molecule has 0 atom stereocenters. The van der Waals surface area contributed by atoms with Crippen molar-refractivity contribution < 1.29 is 0 Å². The third kappa shape index (κ3) is 3.23. The molecule has 35 heavy (non-hydrogen) atoms. The van der Waals surface area contributed by atoms with Crippen molar-refractivity contribution in [2.24, 2.45) is 0 Å². The quantitative estimate of drug-likeness (QED) is 0.286. The van der Waals surface area contributed by atoms with Gasteiger partial charge in [0, 0.05) is 15.6 Å². The summed E-state index contributed by atoms with van der Waals surface area (Å²) < 4.78 is 3.76. The van der Waals surface area contributed by atoms with E-state index in [1.807, 2.05) is 45.2 Å². The lowest BCUT2D eigenvalue weighted by Gasteiger charge is -2.24. The van der Waals surface area contributed by atoms with E-state index in [1.54, 1.807) is 12.7 Å². The van der Waals surface area contributed by atoms with Crippen molar-refractivity contribution in [1.29, 1.82) is 0 Å². The van der Waals surface area contributed by atoms with Crippen LogP contribution in [0.5, 0.6) is 0 Å². The molecule has 1 aliphatic carbocycles. The van der Waals surface area contributed by atoms with Crippen molar-refractivity contribution in [1.82, 2.24) is 34.2 Å². The normalized spacial score (nSPS) is 14.9. The number of benzene rings is 2. The molecule has 4 heterocycles. The van der Waals surface area contributed by atoms with E-state index in [9.17, 15) is 0 Å². The largest absolute Gasteiger partial charge is 0.250 e. The Labute approximate surface area is 209 Å². The maximum atomic E-state index is 6.25. The van der Waals surface area contributed by atoms with E-state index in [0.29, 0.717) is 16.4 Å². The lowest BCUT2D eigenvalue weighted by molar-refractivity contribution is 0.815. The van der Waals surface area contributed by atoms with Gasteiger partial charge in [0.05, 0.1) is 11.1 Å². The van der Waals surface area contributed by atoms with Crippen LogP contribution < -0.4 is 0 Å². The van der Waals surface area contributed by atoms with Crippen LogP contribution in [0.15, 0.2) is 61.2 Å². The fraction of sp³-hybridized carbons (Fsp3) is 0.115. The molecule has 0 fully saturated rings. The highest BCUT2D eigenvalue weighted by Crippen LogP contribution is 2.42. The number of nitrogens with zero attached hydrogens (tertiary/aromatic N) is 7. The minimum absolute atomic E-state index is 0.617. The van der Waals surface area contributed by atoms with Crippen LogP contribution >= 0.6 is 23.2 Å². The molecule has 0 saturated heterocycles. The molecular weight excluding hydrogens is 481 g/mol. The van der Waals surface area contributed by atoms with E-state index in [2.05, 4.69) is 38.6 Å². The van der Waals surface area contributed by atoms with Gasteiger partial charge in [-0.1, -0.05) is 47.5 Å². The first-order chi connectivity index (χ1) is 17.2. The van der Waals surface area contributed by atoms with Gasteiger partial charge in [0.1, 0.15) is 12.7 Å². The Morgan fingerprint density at radius 2 is 1.46 bits per heavy atom. The van der Waals surface area contributed by atoms with Crippen LogP contribution in [0, 0.1) is 0 Å². The molecule has 0 saturated carbocycles. The molecule has 0 unspecified atom stereocenters. The minimum Gasteiger partial charge on any atom is -0.250 e. The summed E-state index contributed by atoms with van der Waals surface area (Å²) in [4.78, 5) is 5.23. The van der Waals surface area contributed by atoms with Crippen LogP contribution in [0.2, 0.25) is 10.0 Å². The first-order valence-corrected chi connectivity index (χ1v) is 12.0. The lowest BCUT2D eigenvalue weighted by Crippen LogP contribution is -2.10. The molecule has 9 heteroatoms. The molecule has 1 aliphatic rings. The highest BCUT2D eigenvalue weighted by atomic mass is 35.5. The van der Waals surface area contributed by atoms with E-state index in [0.717, 1.165) is 57.7 Å². The lowest BCUT2D eigenvalue weighted by atomic mass is 9.84. The van der Waals surface area contributed by atoms with Crippen molar-refractivity contribution >= 4 is 57.3 Å². The summed E-state index contributed by atoms with van der Waals surface area (Å²) in [7, 11) is 0. The molecule has 0 radical (unpaired) electrons. The van der Waals surface area contributed by atoms with Gasteiger partial charge in [-0.15, -0.1) is 20.4 Å². The Kier molecular flexibility index (Phi) is 4.62. The van der Waals surface area contributed by atoms with Crippen LogP contribution in [-0.2, 0) is 6.42 Å². The summed E-state index contributed by atoms with van der Waals surface area (Å²) in [6.07, 6.45) is 8.43. The second-order valence-electron chi connectivity index (χ2n) is 8.62. The van der Waals surface area contributed by atoms with Gasteiger partial charge < -0.3 is 0 Å². The smallest absolute Gasteiger partial charge is 0.244 e. The molecule has 170 valence electrons. The highest BCUT2D eigenvalue weighted by Gasteiger charge is 2.26. The Balaban J connectivity index is 1.62. The number of rotatable bonds is 2. The molecule has 4 aromatic heterocycles. The molecule has 0 aliphatic heterocycles. The summed E-state index contributed by atoms with van der Waals surface area (Å²) in [5, 5.41) is 19.4. The highest BCUT2D eigenvalue weighted by molar-refractivity contribution is 6.31. The van der Waals surface area contributed by atoms with E-state index >= 15 is 0 Å². The number of allylic oxidation sites excluding steroid dienone is 1. The van der Waals surface area contributed by atoms with Crippen LogP contribution in [0.4, 0.5) is 0 Å². The zero-order valence-electron chi connectivity index (χ0n) is 18.4. The van der Waals surface area contributed by atoms with Crippen molar-refractivity contribution in [2.45, 2.75) is 19.3 Å². The molecule has 0 spiro atoms. The van der Waals surface area contributed by atoms with Crippen LogP contribution in [0.25, 0.3) is 45.2 Å². The van der Waals surface area contributed by atoms with Gasteiger partial charge in [-0.3, -0.25) is 0 Å². The van der Waals surface area contributed by atoms with Gasteiger partial charge in [-0.05, 0) is 71.9 Å². The first-order valence-electron chi connectivity index (χ1n) is 11.3. The Morgan fingerprint density at radius 1 is 0.771 bits per heavy atom. The SMILES string of the molecule is Clc1ccc(/C=C2\CCCc3c2nc2c(c3-c3ccc(Cl)cc3)c3nncn3c3nncn23)cc1. The second kappa shape index (κ2) is 7.86. The molecule has 0 amide bonds. The van der Waals surface area contributed by atoms with E-state index in [1.165, 1.54) is 11.1 Å². The predicted octanol–water partition coefficient (Wildman–Crippen LogP) is 6.17. The zero-order chi connectivity index (χ0) is 23.5. The molecule has 0 bridgehead atoms. The molecule has 0 N–H and O–H groups in total. The van der Waals surface area contributed by atoms with Crippen molar-refractivity contribution in [3.05, 3.63) is 88.1 Å². The number of aromatic nitrogens is 7. The van der Waals surface area contributed by atoms with Crippen LogP contribution in [0.1, 0.15) is 29.7 Å². The van der Waals surface area contributed by atoms with Crippen molar-refractivity contribution in [3.8, 4) is 11.1 Å². The van der Waals surface area contributed by atoms with E-state index in [4.69, 9.17) is 28.2 Å². The Bertz CT molecular complexity index is 1780. The fourth-order valence-corrected chi connectivity index (χ4v) is 5.26. The summed E-state index contributed by atoms with van der Waals surface area (Å²) in [5.74, 6) is 0.617. The fourth-order valence-electron chi connectivity index (χ4n) is 5.01. The number of fused-ring (bicyclic) bond motifs is 7. The topological polar surface area (TPSA) is 73.3 Å². The van der Waals surface area contributed by atoms with Crippen LogP contribution in [-0.4, -0.2) is 34.2 Å². The van der Waals surface area contributed by atoms with Crippen molar-refractivity contribution in [3.63, 3.8) is 0 Å². The third-order valence-electron chi connectivity index (χ3n) is 6.54. The van der Waals surface area contributed by atoms with Gasteiger partial charge in [0.15, 0.2) is 11.3 Å². The average molecular weight is 498 g/mol. The van der Waals surface area contributed by atoms with Crippen molar-refractivity contribution in [2.75, 3.05) is 0 Å². The molecule has 6 aromatic rings. The van der Waals surface area contributed by atoms with Gasteiger partial charge in [0.25, 0.3) is 0 Å². The number of hydrogen-bond acceptors (Lipinski definition) is 5. The van der Waals surface area contributed by atoms with Gasteiger partial charge in [-0.25, -0.2) is 13.8 Å². The standard InChI is InChI=1S/C26H17Cl2N7/c27-18-8-4-15(5-9-18)12-17-2-1-3-20-21(16-6-10-19(28)11-7-16)22-24(31-23(17)20)34-14-30-33-26(34)35-13-29-32-25(22)35/h4-14H,1-3H2/b17-12+. The van der Waals surface area contributed by atoms with Gasteiger partial charge in [0.2, 0.25) is 5.78 Å². The summed E-state index contributed by atoms with van der Waals surface area (Å²) in [6.45, 7) is 0. The molecule has 2 aromatic carbocycles. The minimum atomic E-state index is 0.617. The predicted molar refractivity (Wildman–Crippen MR) is 138 cm³/mol. The Hall–Kier alpha value is -3.81. The monoisotopic (exact) mass is 497 g/mol. The first kappa shape index (κ1) is 20.6. The number of hydrogen-bond donors (Lipinski definition) is 0. The van der Waals surface area contributed by atoms with Gasteiger partial charge >= 0.3 is 0 Å². The van der Waals surface area contributed by atoms with E-state index < -0.39 is 0 Å². The maximum absolute atomic E-state index is 6.25. The maximum Gasteiger partial charge on any atom is 0.244 e. The Morgan fingerprint density at radius 3 is 2.23 bits per heavy atom. The molecule has 7 rings (SSSR count). The van der Waals surface area contributed by atoms with E-state index in [-0.39, 0.29) is 0 Å². The second-order valence-corrected chi connectivity index (χ2v) is 9.49. The number of pyridine rings is 1. The van der Waals surface area contributed by atoms with Gasteiger partial charge in [-0.2, -0.15) is 0 Å². The summed E-state index contributed by atoms with van der Waals surface area (Å²) in [5.41, 5.74) is 8.07. The summed E-state index contributed by atoms with van der Waals surface area (Å²) >= 11 is 12.4. The molecular formula is C26H17Cl2N7.